The van der Waals surface area contributed by atoms with Gasteiger partial charge in [0.1, 0.15) is 5.82 Å². The van der Waals surface area contributed by atoms with Gasteiger partial charge in [-0.1, -0.05) is 0 Å². The number of carbonyl (C=O) groups is 1. The highest BCUT2D eigenvalue weighted by molar-refractivity contribution is 6.09. The molecule has 96 valence electrons. The molecule has 0 spiro atoms. The third kappa shape index (κ3) is 3.41. The van der Waals surface area contributed by atoms with Crippen molar-refractivity contribution in [1.82, 2.24) is 0 Å². The molecular weight excluding hydrogens is 235 g/mol. The van der Waals surface area contributed by atoms with Crippen molar-refractivity contribution in [2.45, 2.75) is 6.92 Å². The summed E-state index contributed by atoms with van der Waals surface area (Å²) >= 11 is 0. The molecule has 5 heteroatoms. The SMILES string of the molecule is CCN=C(/C=C\N)c1cc(F)cc(C(=O)OC)c1. The number of rotatable bonds is 4. The zero-order valence-corrected chi connectivity index (χ0v) is 10.3. The monoisotopic (exact) mass is 250 g/mol. The van der Waals surface area contributed by atoms with Gasteiger partial charge in [0.15, 0.2) is 0 Å². The number of nitrogens with zero attached hydrogens (tertiary/aromatic N) is 1. The number of esters is 1. The number of hydrogen-bond acceptors (Lipinski definition) is 4. The van der Waals surface area contributed by atoms with Gasteiger partial charge in [-0.15, -0.1) is 0 Å². The first-order valence-corrected chi connectivity index (χ1v) is 5.44. The molecule has 0 aromatic heterocycles. The highest BCUT2D eigenvalue weighted by Crippen LogP contribution is 2.12. The van der Waals surface area contributed by atoms with Gasteiger partial charge in [0.05, 0.1) is 18.4 Å². The van der Waals surface area contributed by atoms with Crippen LogP contribution in [0.3, 0.4) is 0 Å². The maximum absolute atomic E-state index is 13.4. The molecule has 0 saturated carbocycles. The lowest BCUT2D eigenvalue weighted by Gasteiger charge is -2.05. The van der Waals surface area contributed by atoms with E-state index in [1.165, 1.54) is 25.4 Å². The Kier molecular flexibility index (Phi) is 5.05. The van der Waals surface area contributed by atoms with Crippen molar-refractivity contribution < 1.29 is 13.9 Å². The van der Waals surface area contributed by atoms with Crippen LogP contribution in [0, 0.1) is 5.82 Å². The molecule has 0 atom stereocenters. The zero-order valence-electron chi connectivity index (χ0n) is 10.3. The first kappa shape index (κ1) is 13.9. The predicted molar refractivity (Wildman–Crippen MR) is 68.1 cm³/mol. The van der Waals surface area contributed by atoms with E-state index < -0.39 is 11.8 Å². The van der Waals surface area contributed by atoms with Crippen molar-refractivity contribution in [2.75, 3.05) is 13.7 Å². The van der Waals surface area contributed by atoms with Crippen molar-refractivity contribution >= 4 is 11.7 Å². The molecule has 0 aliphatic carbocycles. The van der Waals surface area contributed by atoms with Gasteiger partial charge in [0, 0.05) is 12.1 Å². The van der Waals surface area contributed by atoms with E-state index in [1.54, 1.807) is 6.08 Å². The number of halogens is 1. The van der Waals surface area contributed by atoms with Crippen LogP contribution in [0.2, 0.25) is 0 Å². The van der Waals surface area contributed by atoms with Crippen LogP contribution in [-0.2, 0) is 4.74 Å². The highest BCUT2D eigenvalue weighted by Gasteiger charge is 2.10. The van der Waals surface area contributed by atoms with Crippen LogP contribution in [0.5, 0.6) is 0 Å². The van der Waals surface area contributed by atoms with Gasteiger partial charge < -0.3 is 10.5 Å². The molecule has 0 fully saturated rings. The van der Waals surface area contributed by atoms with E-state index in [-0.39, 0.29) is 5.56 Å². The second-order valence-corrected chi connectivity index (χ2v) is 3.44. The lowest BCUT2D eigenvalue weighted by Crippen LogP contribution is -2.06. The number of allylic oxidation sites excluding steroid dienone is 1. The summed E-state index contributed by atoms with van der Waals surface area (Å²) in [6.07, 6.45) is 2.87. The van der Waals surface area contributed by atoms with E-state index in [1.807, 2.05) is 6.92 Å². The maximum Gasteiger partial charge on any atom is 0.337 e. The van der Waals surface area contributed by atoms with E-state index in [9.17, 15) is 9.18 Å². The highest BCUT2D eigenvalue weighted by atomic mass is 19.1. The average Bonchev–Trinajstić information content (AvgIpc) is 2.36. The van der Waals surface area contributed by atoms with Gasteiger partial charge in [0.2, 0.25) is 0 Å². The third-order valence-electron chi connectivity index (χ3n) is 2.20. The molecule has 1 aromatic carbocycles. The maximum atomic E-state index is 13.4. The molecule has 0 unspecified atom stereocenters. The zero-order chi connectivity index (χ0) is 13.5. The molecule has 0 saturated heterocycles. The lowest BCUT2D eigenvalue weighted by molar-refractivity contribution is 0.0600. The standard InChI is InChI=1S/C13H15FN2O2/c1-3-16-12(4-5-15)9-6-10(13(17)18-2)8-11(14)7-9/h4-8H,3,15H2,1-2H3/b5-4-,16-12?. The Morgan fingerprint density at radius 1 is 1.44 bits per heavy atom. The van der Waals surface area contributed by atoms with Crippen LogP contribution in [-0.4, -0.2) is 25.3 Å². The summed E-state index contributed by atoms with van der Waals surface area (Å²) in [6, 6.07) is 3.93. The minimum absolute atomic E-state index is 0.140. The number of methoxy groups -OCH3 is 1. The molecule has 0 aliphatic rings. The smallest absolute Gasteiger partial charge is 0.337 e. The van der Waals surface area contributed by atoms with Gasteiger partial charge in [0.25, 0.3) is 0 Å². The fourth-order valence-electron chi connectivity index (χ4n) is 1.47. The molecule has 0 heterocycles. The third-order valence-corrected chi connectivity index (χ3v) is 2.20. The van der Waals surface area contributed by atoms with Crippen molar-refractivity contribution in [1.29, 1.82) is 0 Å². The summed E-state index contributed by atoms with van der Waals surface area (Å²) in [7, 11) is 1.24. The fraction of sp³-hybridized carbons (Fsp3) is 0.231. The Morgan fingerprint density at radius 3 is 2.67 bits per heavy atom. The van der Waals surface area contributed by atoms with Gasteiger partial charge in [-0.3, -0.25) is 4.99 Å². The summed E-state index contributed by atoms with van der Waals surface area (Å²) in [5, 5.41) is 0. The Bertz CT molecular complexity index is 496. The minimum atomic E-state index is -0.594. The average molecular weight is 250 g/mol. The molecule has 2 N–H and O–H groups in total. The number of aliphatic imine (C=N–C) groups is 1. The van der Waals surface area contributed by atoms with E-state index in [2.05, 4.69) is 9.73 Å². The van der Waals surface area contributed by atoms with Crippen LogP contribution >= 0.6 is 0 Å². The minimum Gasteiger partial charge on any atom is -0.465 e. The molecule has 1 aromatic rings. The largest absolute Gasteiger partial charge is 0.465 e. The quantitative estimate of drug-likeness (QED) is 0.655. The molecular formula is C13H15FN2O2. The van der Waals surface area contributed by atoms with Crippen LogP contribution in [0.25, 0.3) is 0 Å². The Hall–Kier alpha value is -2.17. The first-order valence-electron chi connectivity index (χ1n) is 5.44. The Balaban J connectivity index is 3.27. The van der Waals surface area contributed by atoms with Gasteiger partial charge >= 0.3 is 5.97 Å². The van der Waals surface area contributed by atoms with E-state index in [4.69, 9.17) is 5.73 Å². The first-order chi connectivity index (χ1) is 8.62. The number of hydrogen-bond donors (Lipinski definition) is 1. The van der Waals surface area contributed by atoms with E-state index in [0.29, 0.717) is 17.8 Å². The molecule has 18 heavy (non-hydrogen) atoms. The summed E-state index contributed by atoms with van der Waals surface area (Å²) in [6.45, 7) is 2.38. The molecule has 0 amide bonds. The summed E-state index contributed by atoms with van der Waals surface area (Å²) in [4.78, 5) is 15.6. The van der Waals surface area contributed by atoms with Crippen molar-refractivity contribution in [3.05, 3.63) is 47.4 Å². The van der Waals surface area contributed by atoms with Gasteiger partial charge in [-0.05, 0) is 37.4 Å². The molecule has 0 bridgehead atoms. The summed E-state index contributed by atoms with van der Waals surface area (Å²) in [5.41, 5.74) is 6.46. The second-order valence-electron chi connectivity index (χ2n) is 3.44. The Labute approximate surface area is 105 Å². The topological polar surface area (TPSA) is 64.7 Å². The van der Waals surface area contributed by atoms with Crippen molar-refractivity contribution in [3.63, 3.8) is 0 Å². The lowest BCUT2D eigenvalue weighted by atomic mass is 10.1. The van der Waals surface area contributed by atoms with Crippen LogP contribution in [0.4, 0.5) is 4.39 Å². The van der Waals surface area contributed by atoms with Crippen LogP contribution in [0.15, 0.2) is 35.5 Å². The molecule has 0 aliphatic heterocycles. The second kappa shape index (κ2) is 6.54. The van der Waals surface area contributed by atoms with Crippen molar-refractivity contribution in [3.8, 4) is 0 Å². The number of ether oxygens (including phenoxy) is 1. The molecule has 0 radical (unpaired) electrons. The molecule has 1 rings (SSSR count). The molecule has 4 nitrogen and oxygen atoms in total. The van der Waals surface area contributed by atoms with E-state index >= 15 is 0 Å². The normalized spacial score (nSPS) is 11.8. The summed E-state index contributed by atoms with van der Waals surface area (Å²) in [5.74, 6) is -1.12. The fourth-order valence-corrected chi connectivity index (χ4v) is 1.47. The predicted octanol–water partition coefficient (Wildman–Crippen LogP) is 1.89. The van der Waals surface area contributed by atoms with Crippen LogP contribution in [0.1, 0.15) is 22.8 Å². The number of carbonyl (C=O) groups excluding carboxylic acids is 1. The summed E-state index contributed by atoms with van der Waals surface area (Å²) < 4.78 is 18.0. The van der Waals surface area contributed by atoms with Crippen molar-refractivity contribution in [2.24, 2.45) is 10.7 Å². The van der Waals surface area contributed by atoms with Crippen LogP contribution < -0.4 is 5.73 Å². The Morgan fingerprint density at radius 2 is 2.11 bits per heavy atom. The van der Waals surface area contributed by atoms with Gasteiger partial charge in [-0.25, -0.2) is 9.18 Å². The number of nitrogens with two attached hydrogens (primary N) is 1. The van der Waals surface area contributed by atoms with Gasteiger partial charge in [-0.2, -0.15) is 0 Å². The number of benzene rings is 1. The van der Waals surface area contributed by atoms with E-state index in [0.717, 1.165) is 6.07 Å².